The Labute approximate surface area is 239 Å². The number of hydrogen-bond donors (Lipinski definition) is 2. The second-order valence-electron chi connectivity index (χ2n) is 10.7. The van der Waals surface area contributed by atoms with Crippen molar-refractivity contribution < 1.29 is 4.79 Å². The van der Waals surface area contributed by atoms with Crippen molar-refractivity contribution in [3.05, 3.63) is 69.8 Å². The normalized spacial score (nSPS) is 20.9. The van der Waals surface area contributed by atoms with Gasteiger partial charge in [-0.05, 0) is 97.8 Å². The lowest BCUT2D eigenvalue weighted by Crippen LogP contribution is -2.36. The lowest BCUT2D eigenvalue weighted by Gasteiger charge is -2.35. The zero-order valence-electron chi connectivity index (χ0n) is 22.9. The van der Waals surface area contributed by atoms with Crippen molar-refractivity contribution >= 4 is 29.1 Å². The number of amides is 1. The van der Waals surface area contributed by atoms with Crippen LogP contribution in [0.3, 0.4) is 0 Å². The van der Waals surface area contributed by atoms with E-state index in [0.717, 1.165) is 32.5 Å². The minimum Gasteiger partial charge on any atom is -0.356 e. The minimum atomic E-state index is 0.0761. The summed E-state index contributed by atoms with van der Waals surface area (Å²) >= 11 is 9.53. The summed E-state index contributed by atoms with van der Waals surface area (Å²) in [5, 5.41) is 3.08. The van der Waals surface area contributed by atoms with Crippen LogP contribution in [0.5, 0.6) is 0 Å². The number of nitrogens with one attached hydrogen (secondary N) is 1. The molecule has 208 valence electrons. The first-order valence-electron chi connectivity index (χ1n) is 14.3. The van der Waals surface area contributed by atoms with Crippen LogP contribution in [0.2, 0.25) is 0 Å². The molecule has 2 aliphatic heterocycles. The van der Waals surface area contributed by atoms with Gasteiger partial charge < -0.3 is 11.1 Å². The van der Waals surface area contributed by atoms with Gasteiger partial charge in [0.15, 0.2) is 0 Å². The van der Waals surface area contributed by atoms with Crippen LogP contribution in [-0.2, 0) is 30.5 Å². The molecule has 2 atom stereocenters. The maximum absolute atomic E-state index is 10.9. The van der Waals surface area contributed by atoms with Crippen LogP contribution in [0.15, 0.2) is 36.4 Å². The van der Waals surface area contributed by atoms with Crippen LogP contribution < -0.4 is 11.1 Å². The molecule has 2 aromatic carbocycles. The first-order valence-corrected chi connectivity index (χ1v) is 15.4. The first kappa shape index (κ1) is 29.4. The van der Waals surface area contributed by atoms with Crippen molar-refractivity contribution in [3.63, 3.8) is 0 Å². The highest BCUT2D eigenvalue weighted by atomic mass is 35.5. The molecule has 1 amide bonds. The van der Waals surface area contributed by atoms with Crippen LogP contribution in [0, 0.1) is 0 Å². The van der Waals surface area contributed by atoms with E-state index >= 15 is 0 Å². The van der Waals surface area contributed by atoms with Gasteiger partial charge in [0.05, 0.1) is 5.34 Å². The highest BCUT2D eigenvalue weighted by molar-refractivity contribution is 6.40. The van der Waals surface area contributed by atoms with Crippen LogP contribution >= 0.6 is 23.2 Å². The minimum absolute atomic E-state index is 0.0761. The van der Waals surface area contributed by atoms with Gasteiger partial charge in [0, 0.05) is 45.2 Å². The number of nitrogens with zero attached hydrogens (tertiary/aromatic N) is 2. The lowest BCUT2D eigenvalue weighted by molar-refractivity contribution is -0.118. The van der Waals surface area contributed by atoms with Crippen molar-refractivity contribution in [2.24, 2.45) is 5.73 Å². The van der Waals surface area contributed by atoms with Crippen molar-refractivity contribution in [2.75, 3.05) is 44.6 Å². The fraction of sp³-hybridized carbons (Fsp3) is 0.581. The van der Waals surface area contributed by atoms with Gasteiger partial charge in [-0.3, -0.25) is 14.6 Å². The fourth-order valence-electron chi connectivity index (χ4n) is 6.88. The average Bonchev–Trinajstić information content (AvgIpc) is 3.56. The van der Waals surface area contributed by atoms with Gasteiger partial charge in [-0.15, -0.1) is 23.2 Å². The monoisotopic (exact) mass is 558 g/mol. The Kier molecular flexibility index (Phi) is 11.3. The van der Waals surface area contributed by atoms with E-state index in [1.807, 2.05) is 0 Å². The smallest absolute Gasteiger partial charge is 0.216 e. The van der Waals surface area contributed by atoms with Gasteiger partial charge in [-0.1, -0.05) is 36.4 Å². The summed E-state index contributed by atoms with van der Waals surface area (Å²) in [6.07, 6.45) is 9.68. The number of halogens is 2. The Bertz CT molecular complexity index is 1060. The maximum atomic E-state index is 10.9. The summed E-state index contributed by atoms with van der Waals surface area (Å²) in [7, 11) is 0. The number of alkyl halides is 2. The SMILES string of the molecule is CC(=O)NCCCN1CCc2cccc3c2C1CC3.ClCCl.NCCCN1CCc2cccc3c2C1CC3. The molecule has 4 aliphatic rings. The predicted octanol–water partition coefficient (Wildman–Crippen LogP) is 5.36. The van der Waals surface area contributed by atoms with Gasteiger partial charge in [0.25, 0.3) is 0 Å². The van der Waals surface area contributed by atoms with E-state index in [-0.39, 0.29) is 11.2 Å². The highest BCUT2D eigenvalue weighted by Gasteiger charge is 2.33. The molecule has 2 heterocycles. The molecule has 5 nitrogen and oxygen atoms in total. The lowest BCUT2D eigenvalue weighted by atomic mass is 9.93. The van der Waals surface area contributed by atoms with Crippen LogP contribution in [-0.4, -0.2) is 60.3 Å². The number of benzene rings is 2. The maximum Gasteiger partial charge on any atom is 0.216 e. The molecular formula is C31H44Cl2N4O. The third-order valence-electron chi connectivity index (χ3n) is 8.48. The van der Waals surface area contributed by atoms with Gasteiger partial charge in [0.2, 0.25) is 5.91 Å². The zero-order chi connectivity index (χ0) is 26.9. The zero-order valence-corrected chi connectivity index (χ0v) is 24.4. The molecule has 6 rings (SSSR count). The van der Waals surface area contributed by atoms with E-state index in [0.29, 0.717) is 12.1 Å². The topological polar surface area (TPSA) is 61.6 Å². The number of hydrogen-bond acceptors (Lipinski definition) is 4. The van der Waals surface area contributed by atoms with E-state index in [2.05, 4.69) is 51.5 Å². The summed E-state index contributed by atoms with van der Waals surface area (Å²) in [6, 6.07) is 15.0. The van der Waals surface area contributed by atoms with Crippen molar-refractivity contribution in [3.8, 4) is 0 Å². The van der Waals surface area contributed by atoms with Crippen molar-refractivity contribution in [1.29, 1.82) is 0 Å². The number of nitrogens with two attached hydrogens (primary N) is 1. The van der Waals surface area contributed by atoms with Crippen molar-refractivity contribution in [2.45, 2.75) is 70.4 Å². The molecule has 3 N–H and O–H groups in total. The second kappa shape index (κ2) is 14.7. The molecule has 2 aliphatic carbocycles. The van der Waals surface area contributed by atoms with E-state index < -0.39 is 0 Å². The molecule has 2 unspecified atom stereocenters. The van der Waals surface area contributed by atoms with E-state index in [4.69, 9.17) is 28.9 Å². The van der Waals surface area contributed by atoms with E-state index in [1.54, 1.807) is 40.3 Å². The molecule has 38 heavy (non-hydrogen) atoms. The van der Waals surface area contributed by atoms with E-state index in [1.165, 1.54) is 58.2 Å². The van der Waals surface area contributed by atoms with Gasteiger partial charge in [-0.2, -0.15) is 0 Å². The van der Waals surface area contributed by atoms with Crippen LogP contribution in [0.25, 0.3) is 0 Å². The summed E-state index contributed by atoms with van der Waals surface area (Å²) in [4.78, 5) is 16.1. The van der Waals surface area contributed by atoms with E-state index in [9.17, 15) is 4.79 Å². The number of carbonyl (C=O) groups is 1. The first-order chi connectivity index (χ1) is 18.6. The Balaban J connectivity index is 0.000000162. The van der Waals surface area contributed by atoms with Gasteiger partial charge in [-0.25, -0.2) is 0 Å². The quantitative estimate of drug-likeness (QED) is 0.354. The number of rotatable bonds is 7. The van der Waals surface area contributed by atoms with Gasteiger partial charge >= 0.3 is 0 Å². The van der Waals surface area contributed by atoms with Crippen LogP contribution in [0.4, 0.5) is 0 Å². The van der Waals surface area contributed by atoms with Crippen LogP contribution in [0.1, 0.15) is 78.1 Å². The average molecular weight is 560 g/mol. The Morgan fingerprint density at radius 3 is 1.74 bits per heavy atom. The summed E-state index contributed by atoms with van der Waals surface area (Å²) in [6.45, 7) is 7.86. The fourth-order valence-corrected chi connectivity index (χ4v) is 6.88. The van der Waals surface area contributed by atoms with Gasteiger partial charge in [0.1, 0.15) is 0 Å². The summed E-state index contributed by atoms with van der Waals surface area (Å²) < 4.78 is 0. The third kappa shape index (κ3) is 7.11. The number of aryl methyl sites for hydroxylation is 2. The van der Waals surface area contributed by atoms with Crippen molar-refractivity contribution in [1.82, 2.24) is 15.1 Å². The molecule has 2 aromatic rings. The Morgan fingerprint density at radius 2 is 1.29 bits per heavy atom. The molecule has 0 fully saturated rings. The molecule has 0 saturated carbocycles. The largest absolute Gasteiger partial charge is 0.356 e. The molecular weight excluding hydrogens is 515 g/mol. The molecule has 7 heteroatoms. The molecule has 0 bridgehead atoms. The third-order valence-corrected chi connectivity index (χ3v) is 8.48. The predicted molar refractivity (Wildman–Crippen MR) is 159 cm³/mol. The molecule has 0 saturated heterocycles. The number of carbonyl (C=O) groups excluding carboxylic acids is 1. The summed E-state index contributed by atoms with van der Waals surface area (Å²) in [5.41, 5.74) is 15.2. The Hall–Kier alpha value is -1.63. The molecule has 0 spiro atoms. The molecule has 0 radical (unpaired) electrons. The second-order valence-corrected chi connectivity index (χ2v) is 11.5. The Morgan fingerprint density at radius 1 is 0.842 bits per heavy atom. The highest BCUT2D eigenvalue weighted by Crippen LogP contribution is 2.42. The molecule has 0 aromatic heterocycles. The summed E-state index contributed by atoms with van der Waals surface area (Å²) in [5.74, 6) is 0.0761. The standard InChI is InChI=1S/C16H22N2O.C14H20N2.CH2Cl2/c1-12(19)17-9-3-10-18-11-8-14-5-2-4-13-6-7-15(18)16(13)14;15-8-2-9-16-10-7-12-4-1-3-11-5-6-13(16)14(11)12;2-1-3/h2,4-5,15H,3,6-11H2,1H3,(H,17,19);1,3-4,13H,2,5-10,15H2;1H2.